The van der Waals surface area contributed by atoms with Crippen LogP contribution in [0.4, 0.5) is 0 Å². The molecule has 2 aromatic carbocycles. The Morgan fingerprint density at radius 2 is 2.00 bits per heavy atom. The molecule has 0 radical (unpaired) electrons. The Balaban J connectivity index is 1.43. The maximum absolute atomic E-state index is 12.4. The van der Waals surface area contributed by atoms with E-state index in [1.165, 1.54) is 0 Å². The molecule has 0 bridgehead atoms. The van der Waals surface area contributed by atoms with Gasteiger partial charge in [-0.05, 0) is 45.7 Å². The van der Waals surface area contributed by atoms with Crippen LogP contribution in [0.1, 0.15) is 11.1 Å². The summed E-state index contributed by atoms with van der Waals surface area (Å²) in [6.45, 7) is 0.603. The number of nitrogens with zero attached hydrogens (tertiary/aromatic N) is 3. The highest BCUT2D eigenvalue weighted by Crippen LogP contribution is 2.33. The van der Waals surface area contributed by atoms with Gasteiger partial charge in [0.1, 0.15) is 16.6 Å². The molecule has 0 spiro atoms. The van der Waals surface area contributed by atoms with Crippen LogP contribution in [-0.2, 0) is 16.8 Å². The zero-order valence-electron chi connectivity index (χ0n) is 12.6. The molecule has 3 aromatic rings. The number of carbonyl (C=O) groups is 1. The van der Waals surface area contributed by atoms with Gasteiger partial charge in [-0.2, -0.15) is 0 Å². The lowest BCUT2D eigenvalue weighted by molar-refractivity contribution is -0.156. The van der Waals surface area contributed by atoms with Gasteiger partial charge in [0.15, 0.2) is 0 Å². The molecule has 1 amide bonds. The van der Waals surface area contributed by atoms with Crippen LogP contribution in [0.25, 0.3) is 11.0 Å². The molecule has 1 saturated heterocycles. The standard InChI is InChI=1S/C17H14BrN3O3/c18-13-3-1-2-12(8-13)17(23)9-21(10-17)16(22)7-11-4-5-14-15(6-11)20-24-19-14/h1-6,8,23H,7,9-10H2. The van der Waals surface area contributed by atoms with Crippen molar-refractivity contribution in [3.63, 3.8) is 0 Å². The second-order valence-corrected chi connectivity index (χ2v) is 6.97. The van der Waals surface area contributed by atoms with Crippen molar-refractivity contribution in [2.75, 3.05) is 13.1 Å². The second-order valence-electron chi connectivity index (χ2n) is 6.06. The summed E-state index contributed by atoms with van der Waals surface area (Å²) < 4.78 is 5.57. The summed E-state index contributed by atoms with van der Waals surface area (Å²) in [5.41, 5.74) is 1.99. The fraction of sp³-hybridized carbons (Fsp3) is 0.235. The summed E-state index contributed by atoms with van der Waals surface area (Å²) in [6, 6.07) is 13.0. The molecule has 1 aromatic heterocycles. The number of benzene rings is 2. The van der Waals surface area contributed by atoms with Gasteiger partial charge in [-0.1, -0.05) is 34.1 Å². The lowest BCUT2D eigenvalue weighted by Gasteiger charge is -2.47. The number of fused-ring (bicyclic) bond motifs is 1. The van der Waals surface area contributed by atoms with Crippen molar-refractivity contribution in [3.05, 3.63) is 58.1 Å². The van der Waals surface area contributed by atoms with E-state index in [1.807, 2.05) is 30.3 Å². The van der Waals surface area contributed by atoms with Crippen LogP contribution in [0.2, 0.25) is 0 Å². The quantitative estimate of drug-likeness (QED) is 0.745. The van der Waals surface area contributed by atoms with Crippen molar-refractivity contribution in [1.82, 2.24) is 15.2 Å². The van der Waals surface area contributed by atoms with E-state index in [1.54, 1.807) is 17.0 Å². The van der Waals surface area contributed by atoms with E-state index < -0.39 is 5.60 Å². The molecule has 0 atom stereocenters. The van der Waals surface area contributed by atoms with Gasteiger partial charge < -0.3 is 10.0 Å². The highest BCUT2D eigenvalue weighted by Gasteiger charge is 2.44. The Labute approximate surface area is 146 Å². The van der Waals surface area contributed by atoms with Crippen molar-refractivity contribution in [1.29, 1.82) is 0 Å². The molecule has 4 rings (SSSR count). The van der Waals surface area contributed by atoms with Gasteiger partial charge in [-0.15, -0.1) is 0 Å². The van der Waals surface area contributed by atoms with Crippen LogP contribution in [-0.4, -0.2) is 39.3 Å². The minimum absolute atomic E-state index is 0.0227. The zero-order chi connectivity index (χ0) is 16.7. The molecule has 0 unspecified atom stereocenters. The number of β-amino-alcohol motifs (C(OH)–C–C–N with tert-alkyl or cyclic N) is 1. The molecule has 122 valence electrons. The van der Waals surface area contributed by atoms with Gasteiger partial charge in [-0.3, -0.25) is 4.79 Å². The largest absolute Gasteiger partial charge is 0.381 e. The van der Waals surface area contributed by atoms with Crippen LogP contribution in [0.3, 0.4) is 0 Å². The maximum atomic E-state index is 12.4. The Hall–Kier alpha value is -2.25. The fourth-order valence-corrected chi connectivity index (χ4v) is 3.35. The minimum atomic E-state index is -0.973. The predicted molar refractivity (Wildman–Crippen MR) is 90.1 cm³/mol. The Bertz CT molecular complexity index is 918. The van der Waals surface area contributed by atoms with Crippen molar-refractivity contribution >= 4 is 32.9 Å². The minimum Gasteiger partial charge on any atom is -0.381 e. The van der Waals surface area contributed by atoms with E-state index in [2.05, 4.69) is 30.9 Å². The van der Waals surface area contributed by atoms with Gasteiger partial charge in [-0.25, -0.2) is 4.63 Å². The van der Waals surface area contributed by atoms with Crippen LogP contribution < -0.4 is 0 Å². The van der Waals surface area contributed by atoms with E-state index in [0.717, 1.165) is 15.6 Å². The molecule has 0 saturated carbocycles. The SMILES string of the molecule is O=C(Cc1ccc2nonc2c1)N1CC(O)(c2cccc(Br)c2)C1. The first-order valence-corrected chi connectivity index (χ1v) is 8.30. The molecule has 1 fully saturated rings. The van der Waals surface area contributed by atoms with E-state index in [0.29, 0.717) is 24.1 Å². The Morgan fingerprint density at radius 3 is 2.79 bits per heavy atom. The third-order valence-corrected chi connectivity index (χ3v) is 4.79. The first kappa shape index (κ1) is 15.3. The summed E-state index contributed by atoms with van der Waals surface area (Å²) in [7, 11) is 0. The van der Waals surface area contributed by atoms with Gasteiger partial charge in [0, 0.05) is 4.47 Å². The monoisotopic (exact) mass is 387 g/mol. The summed E-state index contributed by atoms with van der Waals surface area (Å²) in [5.74, 6) is -0.0227. The molecule has 1 aliphatic rings. The van der Waals surface area contributed by atoms with Gasteiger partial charge in [0.25, 0.3) is 0 Å². The van der Waals surface area contributed by atoms with E-state index in [9.17, 15) is 9.90 Å². The molecule has 1 aliphatic heterocycles. The van der Waals surface area contributed by atoms with Crippen molar-refractivity contribution in [3.8, 4) is 0 Å². The molecule has 2 heterocycles. The number of rotatable bonds is 3. The molecular formula is C17H14BrN3O3. The maximum Gasteiger partial charge on any atom is 0.227 e. The lowest BCUT2D eigenvalue weighted by Crippen LogP contribution is -2.61. The summed E-state index contributed by atoms with van der Waals surface area (Å²) in [5, 5.41) is 18.2. The van der Waals surface area contributed by atoms with Crippen LogP contribution >= 0.6 is 15.9 Å². The number of hydrogen-bond acceptors (Lipinski definition) is 5. The number of likely N-dealkylation sites (tertiary alicyclic amines) is 1. The Kier molecular flexibility index (Phi) is 3.62. The highest BCUT2D eigenvalue weighted by molar-refractivity contribution is 9.10. The van der Waals surface area contributed by atoms with E-state index in [4.69, 9.17) is 0 Å². The molecule has 24 heavy (non-hydrogen) atoms. The number of carbonyl (C=O) groups excluding carboxylic acids is 1. The molecule has 6 nitrogen and oxygen atoms in total. The predicted octanol–water partition coefficient (Wildman–Crippen LogP) is 2.26. The average molecular weight is 388 g/mol. The fourth-order valence-electron chi connectivity index (χ4n) is 2.95. The van der Waals surface area contributed by atoms with Gasteiger partial charge >= 0.3 is 0 Å². The summed E-state index contributed by atoms with van der Waals surface area (Å²) in [4.78, 5) is 14.1. The number of aromatic nitrogens is 2. The van der Waals surface area contributed by atoms with Crippen molar-refractivity contribution in [2.24, 2.45) is 0 Å². The number of amides is 1. The van der Waals surface area contributed by atoms with E-state index in [-0.39, 0.29) is 12.3 Å². The summed E-state index contributed by atoms with van der Waals surface area (Å²) >= 11 is 3.40. The van der Waals surface area contributed by atoms with Crippen LogP contribution in [0.15, 0.2) is 51.6 Å². The third kappa shape index (κ3) is 2.70. The summed E-state index contributed by atoms with van der Waals surface area (Å²) in [6.07, 6.45) is 0.261. The smallest absolute Gasteiger partial charge is 0.227 e. The lowest BCUT2D eigenvalue weighted by atomic mass is 9.86. The average Bonchev–Trinajstić information content (AvgIpc) is 2.99. The molecule has 1 N–H and O–H groups in total. The zero-order valence-corrected chi connectivity index (χ0v) is 14.2. The number of hydrogen-bond donors (Lipinski definition) is 1. The second kappa shape index (κ2) is 5.68. The number of aliphatic hydroxyl groups is 1. The van der Waals surface area contributed by atoms with Crippen LogP contribution in [0.5, 0.6) is 0 Å². The van der Waals surface area contributed by atoms with Gasteiger partial charge in [0.2, 0.25) is 5.91 Å². The van der Waals surface area contributed by atoms with Crippen molar-refractivity contribution in [2.45, 2.75) is 12.0 Å². The molecule has 0 aliphatic carbocycles. The van der Waals surface area contributed by atoms with Gasteiger partial charge in [0.05, 0.1) is 19.5 Å². The van der Waals surface area contributed by atoms with Crippen LogP contribution in [0, 0.1) is 0 Å². The number of halogens is 1. The van der Waals surface area contributed by atoms with E-state index >= 15 is 0 Å². The first-order chi connectivity index (χ1) is 11.5. The first-order valence-electron chi connectivity index (χ1n) is 7.51. The Morgan fingerprint density at radius 1 is 1.21 bits per heavy atom. The van der Waals surface area contributed by atoms with Crippen molar-refractivity contribution < 1.29 is 14.5 Å². The highest BCUT2D eigenvalue weighted by atomic mass is 79.9. The molecular weight excluding hydrogens is 374 g/mol. The normalized spacial score (nSPS) is 16.2. The molecule has 7 heteroatoms. The third-order valence-electron chi connectivity index (χ3n) is 4.29. The topological polar surface area (TPSA) is 79.5 Å².